The highest BCUT2D eigenvalue weighted by molar-refractivity contribution is 5.89. The van der Waals surface area contributed by atoms with Crippen molar-refractivity contribution in [1.29, 1.82) is 0 Å². The van der Waals surface area contributed by atoms with Crippen molar-refractivity contribution in [2.75, 3.05) is 13.1 Å². The number of hydrogen-bond donors (Lipinski definition) is 2. The van der Waals surface area contributed by atoms with Crippen LogP contribution in [0.5, 0.6) is 0 Å². The van der Waals surface area contributed by atoms with Crippen LogP contribution in [-0.2, 0) is 29.0 Å². The Kier molecular flexibility index (Phi) is 5.43. The predicted molar refractivity (Wildman–Crippen MR) is 122 cm³/mol. The molecule has 1 aliphatic carbocycles. The summed E-state index contributed by atoms with van der Waals surface area (Å²) in [5.74, 6) is -0.111. The molecule has 5 rings (SSSR count). The van der Waals surface area contributed by atoms with Gasteiger partial charge in [-0.05, 0) is 46.4 Å². The minimum atomic E-state index is -0.441. The van der Waals surface area contributed by atoms with Crippen molar-refractivity contribution in [2.45, 2.75) is 37.9 Å². The molecule has 2 amide bonds. The molecule has 1 saturated heterocycles. The van der Waals surface area contributed by atoms with E-state index in [0.29, 0.717) is 13.1 Å². The average molecular weight is 414 g/mol. The van der Waals surface area contributed by atoms with Gasteiger partial charge in [-0.1, -0.05) is 60.7 Å². The summed E-state index contributed by atoms with van der Waals surface area (Å²) >= 11 is 0. The molecule has 0 radical (unpaired) electrons. The highest BCUT2D eigenvalue weighted by Gasteiger charge is 2.32. The van der Waals surface area contributed by atoms with Crippen LogP contribution in [0.25, 0.3) is 10.8 Å². The third-order valence-corrected chi connectivity index (χ3v) is 6.44. The molecule has 0 aromatic heterocycles. The zero-order valence-corrected chi connectivity index (χ0v) is 17.5. The van der Waals surface area contributed by atoms with Gasteiger partial charge in [0, 0.05) is 25.7 Å². The van der Waals surface area contributed by atoms with Crippen LogP contribution in [0.15, 0.2) is 66.7 Å². The molecule has 5 nitrogen and oxygen atoms in total. The van der Waals surface area contributed by atoms with Crippen molar-refractivity contribution in [3.05, 3.63) is 83.4 Å². The topological polar surface area (TPSA) is 61.4 Å². The summed E-state index contributed by atoms with van der Waals surface area (Å²) in [6.45, 7) is 2.01. The van der Waals surface area contributed by atoms with E-state index < -0.39 is 6.04 Å². The molecule has 1 heterocycles. The third kappa shape index (κ3) is 4.32. The van der Waals surface area contributed by atoms with Gasteiger partial charge in [-0.15, -0.1) is 0 Å². The van der Waals surface area contributed by atoms with E-state index in [1.165, 1.54) is 21.9 Å². The standard InChI is InChI=1S/C26H27N3O2/c30-25(28-23-14-21-7-3-4-8-22(21)15-23)16-24-26(31)27-11-12-29(24)17-18-9-10-19-5-1-2-6-20(19)13-18/h1-10,13,23-24H,11-12,14-17H2,(H,27,31)(H,28,30). The van der Waals surface area contributed by atoms with Crippen LogP contribution in [0.1, 0.15) is 23.1 Å². The van der Waals surface area contributed by atoms with Gasteiger partial charge in [0.25, 0.3) is 0 Å². The molecule has 5 heteroatoms. The molecule has 3 aromatic rings. The number of hydrogen-bond acceptors (Lipinski definition) is 3. The summed E-state index contributed by atoms with van der Waals surface area (Å²) in [6.07, 6.45) is 1.91. The second kappa shape index (κ2) is 8.52. The summed E-state index contributed by atoms with van der Waals surface area (Å²) in [5.41, 5.74) is 3.77. The van der Waals surface area contributed by atoms with Gasteiger partial charge >= 0.3 is 0 Å². The van der Waals surface area contributed by atoms with Crippen molar-refractivity contribution in [1.82, 2.24) is 15.5 Å². The fourth-order valence-corrected chi connectivity index (χ4v) is 4.87. The van der Waals surface area contributed by atoms with E-state index in [9.17, 15) is 9.59 Å². The van der Waals surface area contributed by atoms with Gasteiger partial charge in [-0.3, -0.25) is 14.5 Å². The average Bonchev–Trinajstić information content (AvgIpc) is 3.18. The van der Waals surface area contributed by atoms with Crippen molar-refractivity contribution >= 4 is 22.6 Å². The number of carbonyl (C=O) groups is 2. The van der Waals surface area contributed by atoms with E-state index in [-0.39, 0.29) is 24.3 Å². The van der Waals surface area contributed by atoms with Crippen LogP contribution < -0.4 is 10.6 Å². The fraction of sp³-hybridized carbons (Fsp3) is 0.308. The lowest BCUT2D eigenvalue weighted by atomic mass is 10.0. The SMILES string of the molecule is O=C(CC1C(=O)NCCN1Cc1ccc2ccccc2c1)NC1Cc2ccccc2C1. The Morgan fingerprint density at radius 2 is 1.68 bits per heavy atom. The van der Waals surface area contributed by atoms with Crippen molar-refractivity contribution in [3.63, 3.8) is 0 Å². The van der Waals surface area contributed by atoms with E-state index in [4.69, 9.17) is 0 Å². The molecule has 1 aliphatic heterocycles. The Hall–Kier alpha value is -3.18. The van der Waals surface area contributed by atoms with E-state index in [1.54, 1.807) is 0 Å². The second-order valence-electron chi connectivity index (χ2n) is 8.60. The number of nitrogens with zero attached hydrogens (tertiary/aromatic N) is 1. The maximum atomic E-state index is 12.8. The first-order chi connectivity index (χ1) is 15.2. The molecule has 1 atom stereocenters. The predicted octanol–water partition coefficient (Wildman–Crippen LogP) is 2.81. The number of piperazine rings is 1. The lowest BCUT2D eigenvalue weighted by Gasteiger charge is -2.35. The van der Waals surface area contributed by atoms with Crippen LogP contribution >= 0.6 is 0 Å². The summed E-state index contributed by atoms with van der Waals surface area (Å²) in [6, 6.07) is 22.7. The molecular formula is C26H27N3O2. The fourth-order valence-electron chi connectivity index (χ4n) is 4.87. The van der Waals surface area contributed by atoms with Gasteiger partial charge in [0.2, 0.25) is 11.8 Å². The lowest BCUT2D eigenvalue weighted by molar-refractivity contribution is -0.134. The third-order valence-electron chi connectivity index (χ3n) is 6.44. The molecule has 2 N–H and O–H groups in total. The number of nitrogens with one attached hydrogen (secondary N) is 2. The van der Waals surface area contributed by atoms with Gasteiger partial charge in [0.15, 0.2) is 0 Å². The molecular weight excluding hydrogens is 386 g/mol. The van der Waals surface area contributed by atoms with Gasteiger partial charge < -0.3 is 10.6 Å². The molecule has 0 bridgehead atoms. The lowest BCUT2D eigenvalue weighted by Crippen LogP contribution is -2.56. The Morgan fingerprint density at radius 3 is 2.45 bits per heavy atom. The summed E-state index contributed by atoms with van der Waals surface area (Å²) in [5, 5.41) is 8.48. The Balaban J connectivity index is 1.25. The molecule has 2 aliphatic rings. The van der Waals surface area contributed by atoms with Gasteiger partial charge in [-0.2, -0.15) is 0 Å². The van der Waals surface area contributed by atoms with Gasteiger partial charge in [-0.25, -0.2) is 0 Å². The Labute approximate surface area is 182 Å². The molecule has 31 heavy (non-hydrogen) atoms. The first-order valence-corrected chi connectivity index (χ1v) is 11.0. The molecule has 3 aromatic carbocycles. The molecule has 0 saturated carbocycles. The van der Waals surface area contributed by atoms with Crippen LogP contribution in [0, 0.1) is 0 Å². The molecule has 1 fully saturated rings. The Morgan fingerprint density at radius 1 is 0.968 bits per heavy atom. The van der Waals surface area contributed by atoms with Crippen molar-refractivity contribution in [2.24, 2.45) is 0 Å². The summed E-state index contributed by atoms with van der Waals surface area (Å²) < 4.78 is 0. The largest absolute Gasteiger partial charge is 0.353 e. The van der Waals surface area contributed by atoms with Crippen LogP contribution in [-0.4, -0.2) is 41.9 Å². The highest BCUT2D eigenvalue weighted by Crippen LogP contribution is 2.23. The highest BCUT2D eigenvalue weighted by atomic mass is 16.2. The van der Waals surface area contributed by atoms with Crippen LogP contribution in [0.3, 0.4) is 0 Å². The maximum absolute atomic E-state index is 12.8. The Bertz CT molecular complexity index is 1100. The zero-order chi connectivity index (χ0) is 21.2. The summed E-state index contributed by atoms with van der Waals surface area (Å²) in [4.78, 5) is 27.6. The smallest absolute Gasteiger partial charge is 0.237 e. The number of benzene rings is 3. The van der Waals surface area contributed by atoms with Crippen molar-refractivity contribution in [3.8, 4) is 0 Å². The molecule has 158 valence electrons. The summed E-state index contributed by atoms with van der Waals surface area (Å²) in [7, 11) is 0. The van der Waals surface area contributed by atoms with E-state index >= 15 is 0 Å². The van der Waals surface area contributed by atoms with E-state index in [0.717, 1.165) is 24.9 Å². The first-order valence-electron chi connectivity index (χ1n) is 11.0. The molecule has 1 unspecified atom stereocenters. The zero-order valence-electron chi connectivity index (χ0n) is 17.5. The number of fused-ring (bicyclic) bond motifs is 2. The second-order valence-corrected chi connectivity index (χ2v) is 8.60. The van der Waals surface area contributed by atoms with Crippen molar-refractivity contribution < 1.29 is 9.59 Å². The minimum Gasteiger partial charge on any atom is -0.353 e. The monoisotopic (exact) mass is 413 g/mol. The van der Waals surface area contributed by atoms with E-state index in [2.05, 4.69) is 58.0 Å². The molecule has 0 spiro atoms. The maximum Gasteiger partial charge on any atom is 0.237 e. The normalized spacial score (nSPS) is 19.2. The van der Waals surface area contributed by atoms with Gasteiger partial charge in [0.05, 0.1) is 12.5 Å². The quantitative estimate of drug-likeness (QED) is 0.676. The first kappa shape index (κ1) is 19.8. The minimum absolute atomic E-state index is 0.0524. The van der Waals surface area contributed by atoms with Crippen LogP contribution in [0.2, 0.25) is 0 Å². The number of carbonyl (C=O) groups excluding carboxylic acids is 2. The number of rotatable bonds is 5. The van der Waals surface area contributed by atoms with E-state index in [1.807, 2.05) is 24.3 Å². The van der Waals surface area contributed by atoms with Gasteiger partial charge in [0.1, 0.15) is 0 Å². The number of amides is 2. The van der Waals surface area contributed by atoms with Crippen LogP contribution in [0.4, 0.5) is 0 Å².